The Morgan fingerprint density at radius 2 is 1.55 bits per heavy atom. The first-order valence-corrected chi connectivity index (χ1v) is 11.5. The highest BCUT2D eigenvalue weighted by Crippen LogP contribution is 2.45. The summed E-state index contributed by atoms with van der Waals surface area (Å²) in [5.41, 5.74) is 4.12. The van der Waals surface area contributed by atoms with Gasteiger partial charge in [0, 0.05) is 52.6 Å². The lowest BCUT2D eigenvalue weighted by Crippen LogP contribution is -2.47. The van der Waals surface area contributed by atoms with E-state index in [9.17, 15) is 0 Å². The summed E-state index contributed by atoms with van der Waals surface area (Å²) in [7, 11) is 0. The molecule has 158 valence electrons. The molecule has 1 N–H and O–H groups in total. The van der Waals surface area contributed by atoms with E-state index in [2.05, 4.69) is 80.9 Å². The predicted molar refractivity (Wildman–Crippen MR) is 136 cm³/mol. The highest BCUT2D eigenvalue weighted by Gasteiger charge is 2.21. The van der Waals surface area contributed by atoms with E-state index in [0.717, 1.165) is 45.7 Å². The number of hydrogen-bond donors (Lipinski definition) is 1. The molecular weight excluding hydrogens is 538 g/mol. The maximum absolute atomic E-state index is 9.08. The van der Waals surface area contributed by atoms with Gasteiger partial charge in [0.05, 0.1) is 6.61 Å². The Morgan fingerprint density at radius 3 is 2.28 bits per heavy atom. The number of aliphatic hydroxyl groups excluding tert-OH is 1. The van der Waals surface area contributed by atoms with Crippen LogP contribution in [0.15, 0.2) is 58.3 Å². The molecule has 3 nitrogen and oxygen atoms in total. The Labute approximate surface area is 203 Å². The van der Waals surface area contributed by atoms with Crippen molar-refractivity contribution in [3.05, 3.63) is 63.2 Å². The average molecular weight is 565 g/mol. The van der Waals surface area contributed by atoms with Gasteiger partial charge in [-0.1, -0.05) is 36.0 Å². The van der Waals surface area contributed by atoms with Gasteiger partial charge in [0.15, 0.2) is 0 Å². The molecule has 2 aromatic carbocycles. The zero-order valence-corrected chi connectivity index (χ0v) is 20.8. The third-order valence-electron chi connectivity index (χ3n) is 5.30. The first-order chi connectivity index (χ1) is 13.2. The second-order valence-electron chi connectivity index (χ2n) is 7.05. The van der Waals surface area contributed by atoms with E-state index in [-0.39, 0.29) is 31.4 Å². The van der Waals surface area contributed by atoms with E-state index in [1.54, 1.807) is 0 Å². The van der Waals surface area contributed by atoms with Crippen molar-refractivity contribution in [1.29, 1.82) is 0 Å². The Bertz CT molecular complexity index is 841. The summed E-state index contributed by atoms with van der Waals surface area (Å²) >= 11 is 4.29. The van der Waals surface area contributed by atoms with Gasteiger partial charge < -0.3 is 10.0 Å². The molecule has 0 atom stereocenters. The molecule has 1 fully saturated rings. The molecule has 0 unspecified atom stereocenters. The molecule has 2 aliphatic heterocycles. The molecule has 0 aromatic heterocycles. The van der Waals surface area contributed by atoms with Gasteiger partial charge in [-0.25, -0.2) is 0 Å². The van der Waals surface area contributed by atoms with Crippen LogP contribution in [0.1, 0.15) is 17.5 Å². The summed E-state index contributed by atoms with van der Waals surface area (Å²) in [6.07, 6.45) is 3.51. The minimum Gasteiger partial charge on any atom is -0.395 e. The lowest BCUT2D eigenvalue weighted by molar-refractivity contribution is 0.114. The minimum absolute atomic E-state index is 0. The number of rotatable bonds is 5. The lowest BCUT2D eigenvalue weighted by atomic mass is 9.96. The van der Waals surface area contributed by atoms with Gasteiger partial charge in [0.2, 0.25) is 0 Å². The van der Waals surface area contributed by atoms with E-state index in [1.165, 1.54) is 30.1 Å². The van der Waals surface area contributed by atoms with Crippen LogP contribution in [0, 0.1) is 3.57 Å². The van der Waals surface area contributed by atoms with E-state index in [4.69, 9.17) is 5.11 Å². The summed E-state index contributed by atoms with van der Waals surface area (Å²) in [5, 5.41) is 9.08. The first kappa shape index (κ1) is 25.0. The molecule has 0 amide bonds. The van der Waals surface area contributed by atoms with Crippen LogP contribution in [0.5, 0.6) is 0 Å². The van der Waals surface area contributed by atoms with Crippen molar-refractivity contribution in [3.63, 3.8) is 0 Å². The summed E-state index contributed by atoms with van der Waals surface area (Å²) in [4.78, 5) is 7.61. The van der Waals surface area contributed by atoms with Crippen molar-refractivity contribution < 1.29 is 5.11 Å². The van der Waals surface area contributed by atoms with Crippen LogP contribution in [-0.4, -0.2) is 60.8 Å². The Morgan fingerprint density at radius 1 is 0.897 bits per heavy atom. The van der Waals surface area contributed by atoms with Gasteiger partial charge in [-0.15, -0.1) is 24.8 Å². The monoisotopic (exact) mass is 564 g/mol. The predicted octanol–water partition coefficient (Wildman–Crippen LogP) is 5.03. The lowest BCUT2D eigenvalue weighted by Gasteiger charge is -2.34. The normalized spacial score (nSPS) is 17.8. The molecule has 29 heavy (non-hydrogen) atoms. The van der Waals surface area contributed by atoms with Crippen LogP contribution in [0.4, 0.5) is 0 Å². The van der Waals surface area contributed by atoms with Gasteiger partial charge in [-0.3, -0.25) is 4.90 Å². The van der Waals surface area contributed by atoms with Crippen LogP contribution >= 0.6 is 59.2 Å². The van der Waals surface area contributed by atoms with Crippen molar-refractivity contribution in [2.45, 2.75) is 16.2 Å². The number of fused-ring (bicyclic) bond motifs is 2. The fourth-order valence-electron chi connectivity index (χ4n) is 3.83. The topological polar surface area (TPSA) is 26.7 Å². The largest absolute Gasteiger partial charge is 0.395 e. The summed E-state index contributed by atoms with van der Waals surface area (Å²) in [6.45, 7) is 6.51. The fraction of sp³-hybridized carbons (Fsp3) is 0.364. The van der Waals surface area contributed by atoms with Crippen LogP contribution in [0.2, 0.25) is 0 Å². The molecule has 1 saturated heterocycles. The van der Waals surface area contributed by atoms with Gasteiger partial charge in [0.1, 0.15) is 0 Å². The maximum atomic E-state index is 9.08. The first-order valence-electron chi connectivity index (χ1n) is 9.57. The molecule has 0 saturated carbocycles. The molecule has 0 spiro atoms. The van der Waals surface area contributed by atoms with E-state index >= 15 is 0 Å². The summed E-state index contributed by atoms with van der Waals surface area (Å²) in [5.74, 6) is 0. The fourth-order valence-corrected chi connectivity index (χ4v) is 5.41. The van der Waals surface area contributed by atoms with Crippen LogP contribution in [0.3, 0.4) is 0 Å². The SMILES string of the molecule is Cl.Cl.OCCN1CCN(CC/C=C2/c3ccccc3Sc3ccc(I)cc32)CC1. The number of halogens is 3. The van der Waals surface area contributed by atoms with E-state index < -0.39 is 0 Å². The number of aliphatic hydroxyl groups is 1. The van der Waals surface area contributed by atoms with Gasteiger partial charge in [-0.2, -0.15) is 0 Å². The van der Waals surface area contributed by atoms with Crippen LogP contribution in [-0.2, 0) is 0 Å². The van der Waals surface area contributed by atoms with Crippen molar-refractivity contribution in [1.82, 2.24) is 9.80 Å². The Hall–Kier alpha value is -0.280. The zero-order valence-electron chi connectivity index (χ0n) is 16.2. The molecule has 2 aromatic rings. The summed E-state index contributed by atoms with van der Waals surface area (Å²) in [6, 6.07) is 15.5. The van der Waals surface area contributed by atoms with Crippen molar-refractivity contribution in [3.8, 4) is 0 Å². The number of hydrogen-bond acceptors (Lipinski definition) is 4. The van der Waals surface area contributed by atoms with E-state index in [1.807, 2.05) is 11.8 Å². The molecule has 0 radical (unpaired) electrons. The Balaban J connectivity index is 0.00000150. The number of piperazine rings is 1. The molecule has 0 aliphatic carbocycles. The molecule has 4 rings (SSSR count). The zero-order chi connectivity index (χ0) is 18.6. The standard InChI is InChI=1S/C22H25IN2OS.2ClH/c23-17-7-8-22-20(16-17)18(19-4-1-2-6-21(19)27-22)5-3-9-24-10-12-25(13-11-24)14-15-26;;/h1-2,4-8,16,26H,3,9-15H2;2*1H/b18-5-;;. The maximum Gasteiger partial charge on any atom is 0.0558 e. The molecule has 2 aliphatic rings. The second kappa shape index (κ2) is 11.9. The van der Waals surface area contributed by atoms with Crippen molar-refractivity contribution in [2.75, 3.05) is 45.9 Å². The second-order valence-corrected chi connectivity index (χ2v) is 9.38. The van der Waals surface area contributed by atoms with Gasteiger partial charge >= 0.3 is 0 Å². The van der Waals surface area contributed by atoms with Gasteiger partial charge in [-0.05, 0) is 70.0 Å². The quantitative estimate of drug-likeness (QED) is 0.440. The highest BCUT2D eigenvalue weighted by molar-refractivity contribution is 14.1. The van der Waals surface area contributed by atoms with Crippen LogP contribution in [0.25, 0.3) is 5.57 Å². The average Bonchev–Trinajstić information content (AvgIpc) is 2.69. The van der Waals surface area contributed by atoms with Gasteiger partial charge in [0.25, 0.3) is 0 Å². The smallest absolute Gasteiger partial charge is 0.0558 e. The highest BCUT2D eigenvalue weighted by atomic mass is 127. The Kier molecular flexibility index (Phi) is 10.3. The molecular formula is C22H27Cl2IN2OS. The molecule has 7 heteroatoms. The minimum atomic E-state index is 0. The summed E-state index contributed by atoms with van der Waals surface area (Å²) < 4.78 is 1.29. The van der Waals surface area contributed by atoms with Crippen molar-refractivity contribution in [2.24, 2.45) is 0 Å². The third kappa shape index (κ3) is 6.12. The van der Waals surface area contributed by atoms with E-state index in [0.29, 0.717) is 0 Å². The molecule has 0 bridgehead atoms. The number of benzene rings is 2. The number of β-amino-alcohol motifs (C(OH)–C–C–N with tert-alkyl or cyclic N) is 1. The van der Waals surface area contributed by atoms with Crippen LogP contribution < -0.4 is 0 Å². The molecule has 2 heterocycles. The van der Waals surface area contributed by atoms with Crippen molar-refractivity contribution >= 4 is 64.7 Å². The third-order valence-corrected chi connectivity index (χ3v) is 7.13. The number of nitrogens with zero attached hydrogens (tertiary/aromatic N) is 2.